The largest absolute Gasteiger partial charge is 0.367 e. The minimum Gasteiger partial charge on any atom is -0.367 e. The van der Waals surface area contributed by atoms with E-state index in [9.17, 15) is 14.5 Å². The standard InChI is InChI=1S/C13H16FNO3/c1-13(2)8-10(14)7-12(18-13)9-3-5-11(6-4-9)15(16)17/h3-6,10,12H,7-8H2,1-2H3/t10-,12-/m0/s1. The molecule has 0 N–H and O–H groups in total. The Morgan fingerprint density at radius 2 is 2.00 bits per heavy atom. The molecule has 0 spiro atoms. The summed E-state index contributed by atoms with van der Waals surface area (Å²) in [5.41, 5.74) is 0.325. The molecule has 2 rings (SSSR count). The summed E-state index contributed by atoms with van der Waals surface area (Å²) >= 11 is 0. The molecule has 4 nitrogen and oxygen atoms in total. The van der Waals surface area contributed by atoms with Gasteiger partial charge in [-0.15, -0.1) is 0 Å². The van der Waals surface area contributed by atoms with Crippen molar-refractivity contribution in [1.29, 1.82) is 0 Å². The molecular formula is C13H16FNO3. The monoisotopic (exact) mass is 253 g/mol. The van der Waals surface area contributed by atoms with Crippen LogP contribution in [0.4, 0.5) is 10.1 Å². The summed E-state index contributed by atoms with van der Waals surface area (Å²) in [6, 6.07) is 6.12. The molecule has 1 aliphatic heterocycles. The maximum atomic E-state index is 13.6. The Balaban J connectivity index is 2.18. The average Bonchev–Trinajstić information content (AvgIpc) is 2.26. The molecule has 1 heterocycles. The van der Waals surface area contributed by atoms with Gasteiger partial charge in [0.2, 0.25) is 0 Å². The van der Waals surface area contributed by atoms with E-state index in [2.05, 4.69) is 0 Å². The smallest absolute Gasteiger partial charge is 0.269 e. The van der Waals surface area contributed by atoms with Gasteiger partial charge in [0.25, 0.3) is 5.69 Å². The van der Waals surface area contributed by atoms with Crippen molar-refractivity contribution in [1.82, 2.24) is 0 Å². The Hall–Kier alpha value is -1.49. The summed E-state index contributed by atoms with van der Waals surface area (Å²) in [5.74, 6) is 0. The topological polar surface area (TPSA) is 52.4 Å². The fourth-order valence-corrected chi connectivity index (χ4v) is 2.35. The molecule has 0 unspecified atom stereocenters. The first-order chi connectivity index (χ1) is 8.37. The summed E-state index contributed by atoms with van der Waals surface area (Å²) in [5, 5.41) is 10.6. The molecule has 1 aromatic rings. The molecule has 5 heteroatoms. The van der Waals surface area contributed by atoms with Crippen molar-refractivity contribution in [3.8, 4) is 0 Å². The fraction of sp³-hybridized carbons (Fsp3) is 0.538. The summed E-state index contributed by atoms with van der Waals surface area (Å²) < 4.78 is 19.5. The van der Waals surface area contributed by atoms with Crippen molar-refractivity contribution in [3.05, 3.63) is 39.9 Å². The number of nitro benzene ring substituents is 1. The van der Waals surface area contributed by atoms with Gasteiger partial charge in [-0.25, -0.2) is 4.39 Å². The highest BCUT2D eigenvalue weighted by molar-refractivity contribution is 5.34. The van der Waals surface area contributed by atoms with Crippen molar-refractivity contribution in [3.63, 3.8) is 0 Å². The van der Waals surface area contributed by atoms with Crippen LogP contribution in [0.5, 0.6) is 0 Å². The summed E-state index contributed by atoms with van der Waals surface area (Å²) in [4.78, 5) is 10.1. The van der Waals surface area contributed by atoms with Crippen LogP contribution in [-0.4, -0.2) is 16.7 Å². The predicted molar refractivity (Wildman–Crippen MR) is 65.1 cm³/mol. The maximum absolute atomic E-state index is 13.6. The van der Waals surface area contributed by atoms with Crippen LogP contribution in [0.1, 0.15) is 38.4 Å². The van der Waals surface area contributed by atoms with Gasteiger partial charge in [0.1, 0.15) is 6.17 Å². The molecule has 0 amide bonds. The minimum absolute atomic E-state index is 0.0330. The van der Waals surface area contributed by atoms with E-state index >= 15 is 0 Å². The minimum atomic E-state index is -0.894. The molecule has 1 fully saturated rings. The van der Waals surface area contributed by atoms with Gasteiger partial charge in [-0.1, -0.05) is 0 Å². The van der Waals surface area contributed by atoms with Gasteiger partial charge in [0.15, 0.2) is 0 Å². The number of non-ortho nitro benzene ring substituents is 1. The van der Waals surface area contributed by atoms with Crippen molar-refractivity contribution in [2.75, 3.05) is 0 Å². The molecule has 1 saturated heterocycles. The number of hydrogen-bond acceptors (Lipinski definition) is 3. The van der Waals surface area contributed by atoms with Gasteiger partial charge in [0.05, 0.1) is 16.6 Å². The first-order valence-electron chi connectivity index (χ1n) is 5.94. The number of rotatable bonds is 2. The van der Waals surface area contributed by atoms with E-state index in [4.69, 9.17) is 4.74 Å². The molecular weight excluding hydrogens is 237 g/mol. The van der Waals surface area contributed by atoms with Crippen LogP contribution < -0.4 is 0 Å². The first kappa shape index (κ1) is 13.0. The number of ether oxygens (including phenoxy) is 1. The third-order valence-corrected chi connectivity index (χ3v) is 3.12. The number of nitrogens with zero attached hydrogens (tertiary/aromatic N) is 1. The number of nitro groups is 1. The van der Waals surface area contributed by atoms with Crippen molar-refractivity contribution in [2.24, 2.45) is 0 Å². The van der Waals surface area contributed by atoms with Gasteiger partial charge < -0.3 is 4.74 Å². The third kappa shape index (κ3) is 2.85. The van der Waals surface area contributed by atoms with Gasteiger partial charge in [-0.2, -0.15) is 0 Å². The summed E-state index contributed by atoms with van der Waals surface area (Å²) in [6.07, 6.45) is -0.531. The lowest BCUT2D eigenvalue weighted by atomic mass is 9.91. The lowest BCUT2D eigenvalue weighted by Gasteiger charge is -2.38. The number of alkyl halides is 1. The normalized spacial score (nSPS) is 26.8. The van der Waals surface area contributed by atoms with E-state index in [0.29, 0.717) is 12.8 Å². The molecule has 2 atom stereocenters. The summed E-state index contributed by atoms with van der Waals surface area (Å²) in [6.45, 7) is 3.72. The highest BCUT2D eigenvalue weighted by Crippen LogP contribution is 2.38. The Morgan fingerprint density at radius 1 is 1.39 bits per heavy atom. The summed E-state index contributed by atoms with van der Waals surface area (Å²) in [7, 11) is 0. The molecule has 98 valence electrons. The van der Waals surface area contributed by atoms with Crippen LogP contribution >= 0.6 is 0 Å². The Kier molecular flexibility index (Phi) is 3.34. The molecule has 18 heavy (non-hydrogen) atoms. The van der Waals surface area contributed by atoms with E-state index < -0.39 is 16.7 Å². The Bertz CT molecular complexity index is 444. The van der Waals surface area contributed by atoms with Gasteiger partial charge in [0, 0.05) is 25.0 Å². The quantitative estimate of drug-likeness (QED) is 0.598. The second kappa shape index (κ2) is 4.65. The molecule has 0 saturated carbocycles. The molecule has 0 bridgehead atoms. The van der Waals surface area contributed by atoms with Crippen LogP contribution in [0, 0.1) is 10.1 Å². The second-order valence-electron chi connectivity index (χ2n) is 5.25. The lowest BCUT2D eigenvalue weighted by Crippen LogP contribution is -2.36. The number of benzene rings is 1. The fourth-order valence-electron chi connectivity index (χ4n) is 2.35. The molecule has 0 aromatic heterocycles. The zero-order chi connectivity index (χ0) is 13.3. The van der Waals surface area contributed by atoms with Gasteiger partial charge >= 0.3 is 0 Å². The Labute approximate surface area is 105 Å². The van der Waals surface area contributed by atoms with Gasteiger partial charge in [-0.05, 0) is 31.5 Å². The maximum Gasteiger partial charge on any atom is 0.269 e. The first-order valence-corrected chi connectivity index (χ1v) is 5.94. The lowest BCUT2D eigenvalue weighted by molar-refractivity contribution is -0.384. The zero-order valence-electron chi connectivity index (χ0n) is 10.4. The molecule has 0 aliphatic carbocycles. The highest BCUT2D eigenvalue weighted by atomic mass is 19.1. The number of hydrogen-bond donors (Lipinski definition) is 0. The van der Waals surface area contributed by atoms with Crippen LogP contribution in [0.25, 0.3) is 0 Å². The van der Waals surface area contributed by atoms with E-state index in [0.717, 1.165) is 5.56 Å². The van der Waals surface area contributed by atoms with Crippen molar-refractivity contribution >= 4 is 5.69 Å². The number of halogens is 1. The molecule has 1 aromatic carbocycles. The van der Waals surface area contributed by atoms with E-state index in [-0.39, 0.29) is 11.8 Å². The van der Waals surface area contributed by atoms with Crippen LogP contribution in [0.2, 0.25) is 0 Å². The molecule has 1 aliphatic rings. The Morgan fingerprint density at radius 3 is 2.50 bits per heavy atom. The highest BCUT2D eigenvalue weighted by Gasteiger charge is 2.35. The van der Waals surface area contributed by atoms with E-state index in [1.165, 1.54) is 12.1 Å². The van der Waals surface area contributed by atoms with E-state index in [1.807, 2.05) is 13.8 Å². The van der Waals surface area contributed by atoms with Crippen LogP contribution in [0.15, 0.2) is 24.3 Å². The van der Waals surface area contributed by atoms with Crippen molar-refractivity contribution in [2.45, 2.75) is 44.6 Å². The van der Waals surface area contributed by atoms with Crippen molar-refractivity contribution < 1.29 is 14.1 Å². The third-order valence-electron chi connectivity index (χ3n) is 3.12. The zero-order valence-corrected chi connectivity index (χ0v) is 10.4. The SMILES string of the molecule is CC1(C)C[C@@H](F)C[C@@H](c2ccc([N+](=O)[O-])cc2)O1. The van der Waals surface area contributed by atoms with Crippen LogP contribution in [0.3, 0.4) is 0 Å². The van der Waals surface area contributed by atoms with E-state index in [1.54, 1.807) is 12.1 Å². The average molecular weight is 253 g/mol. The van der Waals surface area contributed by atoms with Gasteiger partial charge in [-0.3, -0.25) is 10.1 Å². The van der Waals surface area contributed by atoms with Crippen LogP contribution in [-0.2, 0) is 4.74 Å². The molecule has 0 radical (unpaired) electrons. The second-order valence-corrected chi connectivity index (χ2v) is 5.25. The predicted octanol–water partition coefficient (Wildman–Crippen LogP) is 3.56.